The van der Waals surface area contributed by atoms with Crippen molar-refractivity contribution in [2.45, 2.75) is 46.0 Å². The molecule has 4 rings (SSSR count). The Bertz CT molecular complexity index is 1250. The minimum Gasteiger partial charge on any atom is -0.451 e. The third-order valence-electron chi connectivity index (χ3n) is 5.11. The molecule has 2 aromatic heterocycles. The van der Waals surface area contributed by atoms with Crippen LogP contribution >= 0.6 is 11.3 Å². The molecule has 0 spiro atoms. The molecule has 2 heterocycles. The van der Waals surface area contributed by atoms with Crippen LogP contribution in [0.15, 0.2) is 44.6 Å². The molecule has 0 atom stereocenters. The summed E-state index contributed by atoms with van der Waals surface area (Å²) in [4.78, 5) is 39.3. The number of hydrogen-bond donors (Lipinski definition) is 2. The van der Waals surface area contributed by atoms with Crippen LogP contribution in [0.2, 0.25) is 0 Å². The highest BCUT2D eigenvalue weighted by Crippen LogP contribution is 2.37. The van der Waals surface area contributed by atoms with Crippen LogP contribution in [0.1, 0.15) is 64.5 Å². The lowest BCUT2D eigenvalue weighted by atomic mass is 10.1. The van der Waals surface area contributed by atoms with Gasteiger partial charge in [0.2, 0.25) is 0 Å². The van der Waals surface area contributed by atoms with Gasteiger partial charge in [0.25, 0.3) is 11.8 Å². The lowest BCUT2D eigenvalue weighted by molar-refractivity contribution is 0.0955. The van der Waals surface area contributed by atoms with Crippen LogP contribution in [0, 0.1) is 0 Å². The smallest absolute Gasteiger partial charge is 0.292 e. The van der Waals surface area contributed by atoms with Crippen LogP contribution in [0.4, 0.5) is 5.00 Å². The van der Waals surface area contributed by atoms with E-state index in [0.717, 1.165) is 48.3 Å². The van der Waals surface area contributed by atoms with Gasteiger partial charge in [-0.3, -0.25) is 14.4 Å². The molecule has 2 amide bonds. The number of hydrazone groups is 1. The largest absolute Gasteiger partial charge is 0.451 e. The molecule has 160 valence electrons. The molecular formula is C23H23N3O4S. The number of anilines is 1. The molecule has 2 N–H and O–H groups in total. The second-order valence-electron chi connectivity index (χ2n) is 7.69. The molecule has 3 aromatic rings. The first kappa shape index (κ1) is 21.0. The average Bonchev–Trinajstić information content (AvgIpc) is 2.92. The van der Waals surface area contributed by atoms with Gasteiger partial charge < -0.3 is 9.73 Å². The van der Waals surface area contributed by atoms with E-state index >= 15 is 0 Å². The van der Waals surface area contributed by atoms with Crippen LogP contribution < -0.4 is 16.2 Å². The van der Waals surface area contributed by atoms with Crippen molar-refractivity contribution in [3.05, 3.63) is 62.3 Å². The molecule has 0 bridgehead atoms. The van der Waals surface area contributed by atoms with Gasteiger partial charge in [-0.1, -0.05) is 18.6 Å². The van der Waals surface area contributed by atoms with Crippen molar-refractivity contribution in [2.24, 2.45) is 5.10 Å². The number of carbonyl (C=O) groups is 2. The number of hydrogen-bond acceptors (Lipinski definition) is 6. The van der Waals surface area contributed by atoms with E-state index in [1.807, 2.05) is 0 Å². The van der Waals surface area contributed by atoms with Crippen molar-refractivity contribution in [2.75, 3.05) is 5.32 Å². The second-order valence-corrected chi connectivity index (χ2v) is 8.80. The third kappa shape index (κ3) is 4.44. The van der Waals surface area contributed by atoms with E-state index in [-0.39, 0.29) is 17.1 Å². The Morgan fingerprint density at radius 3 is 2.65 bits per heavy atom. The summed E-state index contributed by atoms with van der Waals surface area (Å²) in [6.45, 7) is 3.58. The predicted molar refractivity (Wildman–Crippen MR) is 122 cm³/mol. The highest BCUT2D eigenvalue weighted by molar-refractivity contribution is 7.17. The first-order valence-electron chi connectivity index (χ1n) is 10.2. The summed E-state index contributed by atoms with van der Waals surface area (Å²) in [5, 5.41) is 7.69. The minimum absolute atomic E-state index is 0.0962. The highest BCUT2D eigenvalue weighted by Gasteiger charge is 2.26. The van der Waals surface area contributed by atoms with Crippen molar-refractivity contribution in [3.63, 3.8) is 0 Å². The zero-order chi connectivity index (χ0) is 22.0. The Balaban J connectivity index is 1.70. The predicted octanol–water partition coefficient (Wildman–Crippen LogP) is 4.50. The van der Waals surface area contributed by atoms with Gasteiger partial charge in [0.15, 0.2) is 11.2 Å². The fourth-order valence-electron chi connectivity index (χ4n) is 3.67. The fraction of sp³-hybridized carbons (Fsp3) is 0.304. The maximum Gasteiger partial charge on any atom is 0.292 e. The monoisotopic (exact) mass is 437 g/mol. The van der Waals surface area contributed by atoms with E-state index < -0.39 is 5.91 Å². The number of thiophene rings is 1. The minimum atomic E-state index is -0.566. The Morgan fingerprint density at radius 1 is 1.06 bits per heavy atom. The van der Waals surface area contributed by atoms with Gasteiger partial charge in [0.1, 0.15) is 10.6 Å². The van der Waals surface area contributed by atoms with Gasteiger partial charge in [0.05, 0.1) is 10.9 Å². The lowest BCUT2D eigenvalue weighted by Crippen LogP contribution is -2.22. The Labute approximate surface area is 183 Å². The van der Waals surface area contributed by atoms with Gasteiger partial charge in [-0.15, -0.1) is 11.3 Å². The molecule has 0 saturated carbocycles. The van der Waals surface area contributed by atoms with Gasteiger partial charge in [0, 0.05) is 16.7 Å². The van der Waals surface area contributed by atoms with Crippen molar-refractivity contribution in [1.82, 2.24) is 5.43 Å². The van der Waals surface area contributed by atoms with E-state index in [2.05, 4.69) is 15.8 Å². The maximum atomic E-state index is 12.9. The molecule has 1 aromatic carbocycles. The Kier molecular flexibility index (Phi) is 5.99. The molecule has 0 aliphatic heterocycles. The zero-order valence-corrected chi connectivity index (χ0v) is 18.2. The molecule has 1 aliphatic carbocycles. The van der Waals surface area contributed by atoms with E-state index in [0.29, 0.717) is 21.5 Å². The number of rotatable bonds is 4. The number of para-hydroxylation sites is 1. The molecule has 1 aliphatic rings. The number of amides is 2. The second kappa shape index (κ2) is 8.85. The molecule has 0 radical (unpaired) electrons. The number of nitrogens with one attached hydrogen (secondary N) is 2. The standard InChI is InChI=1S/C23H23N3O4S/c1-13(2)25-26-22(29)20-15-9-4-3-5-11-19(15)31-23(20)24-21(28)18-12-16(27)14-8-6-7-10-17(14)30-18/h6-8,10,12H,3-5,9,11H2,1-2H3,(H,24,28)(H,26,29). The summed E-state index contributed by atoms with van der Waals surface area (Å²) in [6, 6.07) is 7.95. The lowest BCUT2D eigenvalue weighted by Gasteiger charge is -2.08. The van der Waals surface area contributed by atoms with Crippen molar-refractivity contribution < 1.29 is 14.0 Å². The summed E-state index contributed by atoms with van der Waals surface area (Å²) in [5.41, 5.74) is 4.76. The normalized spacial score (nSPS) is 13.2. The molecule has 31 heavy (non-hydrogen) atoms. The van der Waals surface area contributed by atoms with Crippen molar-refractivity contribution >= 4 is 44.8 Å². The summed E-state index contributed by atoms with van der Waals surface area (Å²) >= 11 is 1.41. The van der Waals surface area contributed by atoms with Crippen LogP contribution in [-0.2, 0) is 12.8 Å². The van der Waals surface area contributed by atoms with Gasteiger partial charge in [-0.2, -0.15) is 5.10 Å². The third-order valence-corrected chi connectivity index (χ3v) is 6.32. The van der Waals surface area contributed by atoms with Crippen LogP contribution in [0.25, 0.3) is 11.0 Å². The topological polar surface area (TPSA) is 101 Å². The van der Waals surface area contributed by atoms with Gasteiger partial charge >= 0.3 is 0 Å². The van der Waals surface area contributed by atoms with Crippen molar-refractivity contribution in [1.29, 1.82) is 0 Å². The quantitative estimate of drug-likeness (QED) is 0.356. The van der Waals surface area contributed by atoms with Gasteiger partial charge in [-0.05, 0) is 57.2 Å². The molecule has 0 fully saturated rings. The number of benzene rings is 1. The molecule has 0 unspecified atom stereocenters. The van der Waals surface area contributed by atoms with Crippen LogP contribution in [-0.4, -0.2) is 17.5 Å². The number of carbonyl (C=O) groups excluding carboxylic acids is 2. The van der Waals surface area contributed by atoms with E-state index in [1.165, 1.54) is 17.4 Å². The summed E-state index contributed by atoms with van der Waals surface area (Å²) in [6.07, 6.45) is 4.81. The number of fused-ring (bicyclic) bond motifs is 2. The molecule has 0 saturated heterocycles. The molecule has 7 nitrogen and oxygen atoms in total. The summed E-state index contributed by atoms with van der Waals surface area (Å²) in [5.74, 6) is -1.01. The van der Waals surface area contributed by atoms with Gasteiger partial charge in [-0.25, -0.2) is 5.43 Å². The highest BCUT2D eigenvalue weighted by atomic mass is 32.1. The number of aryl methyl sites for hydroxylation is 1. The first-order valence-corrected chi connectivity index (χ1v) is 11.1. The van der Waals surface area contributed by atoms with Crippen molar-refractivity contribution in [3.8, 4) is 0 Å². The van der Waals surface area contributed by atoms with E-state index in [9.17, 15) is 14.4 Å². The van der Waals surface area contributed by atoms with E-state index in [4.69, 9.17) is 4.42 Å². The summed E-state index contributed by atoms with van der Waals surface area (Å²) < 4.78 is 5.65. The van der Waals surface area contributed by atoms with E-state index in [1.54, 1.807) is 38.1 Å². The maximum absolute atomic E-state index is 12.9. The Hall–Kier alpha value is -3.26. The first-order chi connectivity index (χ1) is 14.9. The number of nitrogens with zero attached hydrogens (tertiary/aromatic N) is 1. The SMILES string of the molecule is CC(C)=NNC(=O)c1c(NC(=O)c2cc(=O)c3ccccc3o2)sc2c1CCCCC2. The van der Waals surface area contributed by atoms with Crippen LogP contribution in [0.5, 0.6) is 0 Å². The van der Waals surface area contributed by atoms with Crippen LogP contribution in [0.3, 0.4) is 0 Å². The Morgan fingerprint density at radius 2 is 1.84 bits per heavy atom. The zero-order valence-electron chi connectivity index (χ0n) is 17.4. The summed E-state index contributed by atoms with van der Waals surface area (Å²) in [7, 11) is 0. The average molecular weight is 438 g/mol. The fourth-order valence-corrected chi connectivity index (χ4v) is 4.95. The molecule has 8 heteroatoms. The molecular weight excluding hydrogens is 414 g/mol.